The number of rotatable bonds is 8. The van der Waals surface area contributed by atoms with Crippen molar-refractivity contribution >= 4 is 71.6 Å². The van der Waals surface area contributed by atoms with Crippen molar-refractivity contribution < 1.29 is 4.42 Å². The van der Waals surface area contributed by atoms with Crippen molar-refractivity contribution in [3.63, 3.8) is 0 Å². The third-order valence-electron chi connectivity index (χ3n) is 13.4. The summed E-state index contributed by atoms with van der Waals surface area (Å²) in [6.45, 7) is 0. The predicted octanol–water partition coefficient (Wildman–Crippen LogP) is 18.0. The zero-order valence-electron chi connectivity index (χ0n) is 36.6. The summed E-state index contributed by atoms with van der Waals surface area (Å²) in [6.07, 6.45) is 0. The smallest absolute Gasteiger partial charge is 0.143 e. The Balaban J connectivity index is 1.01. The van der Waals surface area contributed by atoms with Crippen molar-refractivity contribution in [2.24, 2.45) is 0 Å². The topological polar surface area (TPSA) is 21.3 Å². The van der Waals surface area contributed by atoms with Crippen molar-refractivity contribution in [2.45, 2.75) is 0 Å². The zero-order chi connectivity index (χ0) is 44.3. The molecule has 0 amide bonds. The van der Waals surface area contributed by atoms with Gasteiger partial charge >= 0.3 is 0 Å². The predicted molar refractivity (Wildman–Crippen MR) is 282 cm³/mol. The SMILES string of the molecule is c1ccc(-c2cccc3cccc(-c4ccccc4N(c4ccc(-c5ccc6c(c5)c5ccccc5n6-c5ccccc5)cc4)c4ccccc4-c4cccc5c4oc4ccccc45)c23)cc1. The van der Waals surface area contributed by atoms with Crippen LogP contribution in [-0.2, 0) is 0 Å². The summed E-state index contributed by atoms with van der Waals surface area (Å²) >= 11 is 0. The summed E-state index contributed by atoms with van der Waals surface area (Å²) < 4.78 is 9.08. The Labute approximate surface area is 388 Å². The molecule has 2 aromatic heterocycles. The van der Waals surface area contributed by atoms with Gasteiger partial charge in [0, 0.05) is 49.6 Å². The molecule has 3 heteroatoms. The Morgan fingerprint density at radius 1 is 0.328 bits per heavy atom. The van der Waals surface area contributed by atoms with Gasteiger partial charge in [-0.2, -0.15) is 0 Å². The van der Waals surface area contributed by atoms with Gasteiger partial charge in [-0.1, -0.05) is 194 Å². The van der Waals surface area contributed by atoms with E-state index < -0.39 is 0 Å². The summed E-state index contributed by atoms with van der Waals surface area (Å²) in [7, 11) is 0. The summed E-state index contributed by atoms with van der Waals surface area (Å²) in [5.74, 6) is 0. The van der Waals surface area contributed by atoms with E-state index in [4.69, 9.17) is 4.42 Å². The van der Waals surface area contributed by atoms with E-state index in [9.17, 15) is 0 Å². The zero-order valence-corrected chi connectivity index (χ0v) is 36.6. The van der Waals surface area contributed by atoms with E-state index in [0.29, 0.717) is 0 Å². The first-order valence-electron chi connectivity index (χ1n) is 22.9. The van der Waals surface area contributed by atoms with E-state index in [1.165, 1.54) is 54.8 Å². The van der Waals surface area contributed by atoms with Gasteiger partial charge in [0.2, 0.25) is 0 Å². The molecule has 0 aliphatic rings. The molecular weight excluding hydrogens is 813 g/mol. The molecule has 0 bridgehead atoms. The molecule has 0 N–H and O–H groups in total. The molecule has 0 radical (unpaired) electrons. The van der Waals surface area contributed by atoms with Crippen molar-refractivity contribution in [1.82, 2.24) is 4.57 Å². The fourth-order valence-electron chi connectivity index (χ4n) is 10.4. The van der Waals surface area contributed by atoms with Gasteiger partial charge in [-0.3, -0.25) is 0 Å². The highest BCUT2D eigenvalue weighted by Gasteiger charge is 2.24. The normalized spacial score (nSPS) is 11.6. The Morgan fingerprint density at radius 3 is 1.66 bits per heavy atom. The number of anilines is 3. The maximum atomic E-state index is 6.71. The standard InChI is InChI=1S/C64H42N2O/c1-3-18-44(19-4-1)49-28-15-20-45-21-16-29-54(63(45)49)50-24-7-11-32-58(50)66(59-33-12-8-25-51(59)55-30-17-31-56-53-27-10-14-35-62(53)67-64(55)56)48-39-36-43(37-40-48)46-38-41-61-57(42-46)52-26-9-13-34-60(52)65(61)47-22-5-2-6-23-47/h1-42H. The lowest BCUT2D eigenvalue weighted by Crippen LogP contribution is -2.12. The molecule has 0 aliphatic carbocycles. The minimum absolute atomic E-state index is 0.880. The van der Waals surface area contributed by atoms with E-state index in [-0.39, 0.29) is 0 Å². The maximum absolute atomic E-state index is 6.71. The lowest BCUT2D eigenvalue weighted by Gasteiger charge is -2.30. The minimum Gasteiger partial charge on any atom is -0.455 e. The molecule has 0 saturated heterocycles. The number of aromatic nitrogens is 1. The van der Waals surface area contributed by atoms with Gasteiger partial charge in [-0.25, -0.2) is 0 Å². The Kier molecular flexibility index (Phi) is 9.17. The first-order chi connectivity index (χ1) is 33.3. The quantitative estimate of drug-likeness (QED) is 0.152. The molecule has 0 aliphatic heterocycles. The molecule has 67 heavy (non-hydrogen) atoms. The number of fused-ring (bicyclic) bond motifs is 7. The summed E-state index contributed by atoms with van der Waals surface area (Å²) in [6, 6.07) is 91.9. The summed E-state index contributed by atoms with van der Waals surface area (Å²) in [4.78, 5) is 2.44. The molecule has 11 aromatic carbocycles. The Bertz CT molecular complexity index is 3970. The van der Waals surface area contributed by atoms with E-state index in [0.717, 1.165) is 66.9 Å². The van der Waals surface area contributed by atoms with E-state index >= 15 is 0 Å². The fourth-order valence-corrected chi connectivity index (χ4v) is 10.4. The number of benzene rings is 11. The van der Waals surface area contributed by atoms with Crippen LogP contribution in [-0.4, -0.2) is 4.57 Å². The summed E-state index contributed by atoms with van der Waals surface area (Å²) in [5, 5.41) is 7.11. The molecule has 0 unspecified atom stereocenters. The monoisotopic (exact) mass is 854 g/mol. The molecule has 314 valence electrons. The third kappa shape index (κ3) is 6.43. The first-order valence-corrected chi connectivity index (χ1v) is 22.9. The molecule has 0 fully saturated rings. The van der Waals surface area contributed by atoms with Crippen LogP contribution in [0.1, 0.15) is 0 Å². The van der Waals surface area contributed by atoms with Gasteiger partial charge in [0.25, 0.3) is 0 Å². The molecule has 13 rings (SSSR count). The van der Waals surface area contributed by atoms with Crippen LogP contribution in [0.5, 0.6) is 0 Å². The third-order valence-corrected chi connectivity index (χ3v) is 13.4. The summed E-state index contributed by atoms with van der Waals surface area (Å²) in [5.41, 5.74) is 17.6. The largest absolute Gasteiger partial charge is 0.455 e. The minimum atomic E-state index is 0.880. The van der Waals surface area contributed by atoms with Gasteiger partial charge < -0.3 is 13.9 Å². The van der Waals surface area contributed by atoms with Crippen LogP contribution in [0.2, 0.25) is 0 Å². The van der Waals surface area contributed by atoms with Gasteiger partial charge in [0.05, 0.1) is 22.4 Å². The second-order valence-corrected chi connectivity index (χ2v) is 17.2. The molecule has 0 saturated carbocycles. The number of hydrogen-bond donors (Lipinski definition) is 0. The van der Waals surface area contributed by atoms with Crippen molar-refractivity contribution in [2.75, 3.05) is 4.90 Å². The van der Waals surface area contributed by atoms with Crippen LogP contribution in [0.3, 0.4) is 0 Å². The molecule has 13 aromatic rings. The van der Waals surface area contributed by atoms with Gasteiger partial charge in [0.1, 0.15) is 11.2 Å². The number of para-hydroxylation sites is 6. The number of furan rings is 1. The Hall–Kier alpha value is -8.92. The van der Waals surface area contributed by atoms with E-state index in [1.807, 2.05) is 6.07 Å². The van der Waals surface area contributed by atoms with Crippen molar-refractivity contribution in [1.29, 1.82) is 0 Å². The van der Waals surface area contributed by atoms with Gasteiger partial charge in [0.15, 0.2) is 0 Å². The average molecular weight is 855 g/mol. The van der Waals surface area contributed by atoms with Crippen LogP contribution < -0.4 is 4.90 Å². The number of hydrogen-bond acceptors (Lipinski definition) is 2. The second-order valence-electron chi connectivity index (χ2n) is 17.2. The highest BCUT2D eigenvalue weighted by molar-refractivity contribution is 6.13. The fraction of sp³-hybridized carbons (Fsp3) is 0. The maximum Gasteiger partial charge on any atom is 0.143 e. The van der Waals surface area contributed by atoms with Crippen LogP contribution in [0.25, 0.3) is 105 Å². The number of nitrogens with zero attached hydrogens (tertiary/aromatic N) is 2. The average Bonchev–Trinajstić information content (AvgIpc) is 3.95. The first kappa shape index (κ1) is 38.5. The molecule has 3 nitrogen and oxygen atoms in total. The van der Waals surface area contributed by atoms with E-state index in [2.05, 4.69) is 258 Å². The Morgan fingerprint density at radius 2 is 0.881 bits per heavy atom. The van der Waals surface area contributed by atoms with Crippen molar-refractivity contribution in [3.8, 4) is 50.2 Å². The lowest BCUT2D eigenvalue weighted by atomic mass is 9.90. The highest BCUT2D eigenvalue weighted by Crippen LogP contribution is 2.49. The van der Waals surface area contributed by atoms with Crippen LogP contribution in [0.15, 0.2) is 259 Å². The van der Waals surface area contributed by atoms with Gasteiger partial charge in [-0.05, 0) is 99.3 Å². The lowest BCUT2D eigenvalue weighted by molar-refractivity contribution is 0.670. The van der Waals surface area contributed by atoms with Gasteiger partial charge in [-0.15, -0.1) is 0 Å². The second kappa shape index (κ2) is 16.0. The highest BCUT2D eigenvalue weighted by atomic mass is 16.3. The van der Waals surface area contributed by atoms with E-state index in [1.54, 1.807) is 0 Å². The van der Waals surface area contributed by atoms with Crippen LogP contribution >= 0.6 is 0 Å². The van der Waals surface area contributed by atoms with Crippen molar-refractivity contribution in [3.05, 3.63) is 255 Å². The molecular formula is C64H42N2O. The molecule has 0 spiro atoms. The molecule has 0 atom stereocenters. The van der Waals surface area contributed by atoms with Crippen LogP contribution in [0.4, 0.5) is 17.1 Å². The molecule has 2 heterocycles. The van der Waals surface area contributed by atoms with Crippen LogP contribution in [0, 0.1) is 0 Å².